The molecule has 2 aromatic heterocycles. The number of aryl methyl sites for hydroxylation is 2. The van der Waals surface area contributed by atoms with E-state index in [0.29, 0.717) is 0 Å². The number of thiophene rings is 1. The number of nitrogens with zero attached hydrogens (tertiary/aromatic N) is 6. The summed E-state index contributed by atoms with van der Waals surface area (Å²) in [6.45, 7) is 13.0. The highest BCUT2D eigenvalue weighted by atomic mass is 35.5. The van der Waals surface area contributed by atoms with Crippen molar-refractivity contribution in [2.75, 3.05) is 53.0 Å². The molecule has 0 spiro atoms. The van der Waals surface area contributed by atoms with E-state index in [-0.39, 0.29) is 6.04 Å². The summed E-state index contributed by atoms with van der Waals surface area (Å²) in [4.78, 5) is 11.5. The number of aromatic nitrogens is 3. The third kappa shape index (κ3) is 5.08. The predicted molar refractivity (Wildman–Crippen MR) is 143 cm³/mol. The lowest BCUT2D eigenvalue weighted by molar-refractivity contribution is 0.0363. The van der Waals surface area contributed by atoms with Crippen molar-refractivity contribution < 1.29 is 4.74 Å². The van der Waals surface area contributed by atoms with Crippen LogP contribution in [0.25, 0.3) is 5.00 Å². The molecule has 9 heteroatoms. The molecule has 0 unspecified atom stereocenters. The van der Waals surface area contributed by atoms with Crippen LogP contribution in [0.2, 0.25) is 5.02 Å². The largest absolute Gasteiger partial charge is 0.379 e. The summed E-state index contributed by atoms with van der Waals surface area (Å²) in [6, 6.07) is 7.90. The molecule has 5 rings (SSSR count). The Bertz CT molecular complexity index is 1210. The molecule has 7 nitrogen and oxygen atoms in total. The van der Waals surface area contributed by atoms with Crippen LogP contribution in [0.1, 0.15) is 45.7 Å². The summed E-state index contributed by atoms with van der Waals surface area (Å²) in [5.74, 6) is 1.81. The van der Waals surface area contributed by atoms with Crippen LogP contribution in [0.3, 0.4) is 0 Å². The first-order chi connectivity index (χ1) is 16.9. The van der Waals surface area contributed by atoms with Gasteiger partial charge in [0.25, 0.3) is 0 Å². The zero-order valence-electron chi connectivity index (χ0n) is 20.9. The highest BCUT2D eigenvalue weighted by Crippen LogP contribution is 2.39. The molecule has 0 N–H and O–H groups in total. The van der Waals surface area contributed by atoms with Gasteiger partial charge < -0.3 is 9.64 Å². The van der Waals surface area contributed by atoms with Crippen molar-refractivity contribution in [2.45, 2.75) is 33.2 Å². The topological polar surface area (TPSA) is 58.8 Å². The molecule has 2 aliphatic heterocycles. The number of hydrogen-bond donors (Lipinski definition) is 0. The number of aliphatic imine (C=N–C) groups is 1. The van der Waals surface area contributed by atoms with E-state index >= 15 is 0 Å². The van der Waals surface area contributed by atoms with Crippen LogP contribution in [0.5, 0.6) is 0 Å². The van der Waals surface area contributed by atoms with E-state index in [1.807, 2.05) is 19.1 Å². The molecule has 186 valence electrons. The second-order valence-electron chi connectivity index (χ2n) is 9.47. The minimum absolute atomic E-state index is 0.116. The van der Waals surface area contributed by atoms with Gasteiger partial charge in [0.15, 0.2) is 5.82 Å². The van der Waals surface area contributed by atoms with Crippen molar-refractivity contribution in [2.24, 2.45) is 4.99 Å². The summed E-state index contributed by atoms with van der Waals surface area (Å²) in [6.07, 6.45) is 1.12. The van der Waals surface area contributed by atoms with E-state index < -0.39 is 0 Å². The Morgan fingerprint density at radius 1 is 1.11 bits per heavy atom. The Kier molecular flexibility index (Phi) is 7.37. The molecule has 0 bridgehead atoms. The highest BCUT2D eigenvalue weighted by molar-refractivity contribution is 7.15. The van der Waals surface area contributed by atoms with Gasteiger partial charge in [-0.25, -0.2) is 0 Å². The van der Waals surface area contributed by atoms with Gasteiger partial charge in [-0.1, -0.05) is 23.7 Å². The zero-order chi connectivity index (χ0) is 24.5. The van der Waals surface area contributed by atoms with Gasteiger partial charge in [0.1, 0.15) is 16.9 Å². The zero-order valence-corrected chi connectivity index (χ0v) is 22.5. The minimum Gasteiger partial charge on any atom is -0.379 e. The van der Waals surface area contributed by atoms with Gasteiger partial charge in [0.05, 0.1) is 18.9 Å². The van der Waals surface area contributed by atoms with Gasteiger partial charge in [0, 0.05) is 40.7 Å². The Morgan fingerprint density at radius 3 is 2.60 bits per heavy atom. The number of fused-ring (bicyclic) bond motifs is 3. The second-order valence-corrected chi connectivity index (χ2v) is 11.1. The maximum absolute atomic E-state index is 6.22. The van der Waals surface area contributed by atoms with Gasteiger partial charge in [0.2, 0.25) is 0 Å². The van der Waals surface area contributed by atoms with Crippen molar-refractivity contribution in [3.8, 4) is 5.00 Å². The number of likely N-dealkylation sites (N-methyl/N-ethyl adjacent to an activating group) is 1. The number of halogens is 1. The van der Waals surface area contributed by atoms with Crippen LogP contribution < -0.4 is 0 Å². The molecule has 35 heavy (non-hydrogen) atoms. The van der Waals surface area contributed by atoms with Gasteiger partial charge in [-0.2, -0.15) is 0 Å². The molecule has 1 fully saturated rings. The van der Waals surface area contributed by atoms with Crippen molar-refractivity contribution in [3.05, 3.63) is 62.5 Å². The quantitative estimate of drug-likeness (QED) is 0.468. The summed E-state index contributed by atoms with van der Waals surface area (Å²) in [7, 11) is 2.18. The number of hydrogen-bond acceptors (Lipinski definition) is 7. The van der Waals surface area contributed by atoms with Crippen LogP contribution in [-0.2, 0) is 4.74 Å². The highest BCUT2D eigenvalue weighted by Gasteiger charge is 2.31. The third-order valence-electron chi connectivity index (χ3n) is 6.96. The first-order valence-corrected chi connectivity index (χ1v) is 13.5. The molecule has 3 aromatic rings. The number of rotatable bonds is 7. The van der Waals surface area contributed by atoms with Gasteiger partial charge in [-0.05, 0) is 65.0 Å². The lowest BCUT2D eigenvalue weighted by Crippen LogP contribution is -2.38. The van der Waals surface area contributed by atoms with Crippen molar-refractivity contribution >= 4 is 28.6 Å². The second kappa shape index (κ2) is 10.5. The molecule has 0 radical (unpaired) electrons. The smallest absolute Gasteiger partial charge is 0.164 e. The summed E-state index contributed by atoms with van der Waals surface area (Å²) >= 11 is 8.01. The average molecular weight is 513 g/mol. The molecule has 0 amide bonds. The molecule has 2 aliphatic rings. The van der Waals surface area contributed by atoms with Gasteiger partial charge in [-0.15, -0.1) is 21.5 Å². The van der Waals surface area contributed by atoms with E-state index in [9.17, 15) is 0 Å². The molecule has 1 atom stereocenters. The Balaban J connectivity index is 1.46. The maximum Gasteiger partial charge on any atom is 0.164 e. The molecule has 0 saturated carbocycles. The van der Waals surface area contributed by atoms with E-state index in [4.69, 9.17) is 21.3 Å². The Hall–Kier alpha value is -2.10. The van der Waals surface area contributed by atoms with Crippen molar-refractivity contribution in [1.82, 2.24) is 24.6 Å². The standard InChI is InChI=1S/C26H33ClN6OS/c1-17-18(2)35-26-23(17)24(20-6-8-21(27)9-7-20)28-22(25-30-29-19(3)33(25)26)16-31(4)10-5-11-32-12-14-34-15-13-32/h6-9,22H,5,10-16H2,1-4H3/t22-/m0/s1. The first-order valence-electron chi connectivity index (χ1n) is 12.3. The van der Waals surface area contributed by atoms with Crippen LogP contribution in [0.15, 0.2) is 29.3 Å². The number of benzene rings is 1. The lowest BCUT2D eigenvalue weighted by Gasteiger charge is -2.27. The van der Waals surface area contributed by atoms with Gasteiger partial charge in [-0.3, -0.25) is 14.5 Å². The summed E-state index contributed by atoms with van der Waals surface area (Å²) in [5.41, 5.74) is 4.52. The van der Waals surface area contributed by atoms with Crippen LogP contribution in [-0.4, -0.2) is 83.3 Å². The first kappa shape index (κ1) is 24.6. The summed E-state index contributed by atoms with van der Waals surface area (Å²) in [5, 5.41) is 11.0. The molecule has 1 aromatic carbocycles. The average Bonchev–Trinajstić information content (AvgIpc) is 3.32. The van der Waals surface area contributed by atoms with E-state index in [1.54, 1.807) is 11.3 Å². The van der Waals surface area contributed by atoms with Crippen LogP contribution in [0.4, 0.5) is 0 Å². The van der Waals surface area contributed by atoms with Crippen molar-refractivity contribution in [3.63, 3.8) is 0 Å². The molecule has 4 heterocycles. The molecular formula is C26H33ClN6OS. The third-order valence-corrected chi connectivity index (χ3v) is 8.40. The normalized spacial score (nSPS) is 18.3. The van der Waals surface area contributed by atoms with Crippen LogP contribution >= 0.6 is 22.9 Å². The fraction of sp³-hybridized carbons (Fsp3) is 0.500. The van der Waals surface area contributed by atoms with Crippen molar-refractivity contribution in [1.29, 1.82) is 0 Å². The van der Waals surface area contributed by atoms with Crippen LogP contribution in [0, 0.1) is 20.8 Å². The SMILES string of the molecule is Cc1sc2c(c1C)C(c1ccc(Cl)cc1)=N[C@@H](CN(C)CCCN1CCOCC1)c1nnc(C)n1-2. The fourth-order valence-corrected chi connectivity index (χ4v) is 6.23. The molecular weight excluding hydrogens is 480 g/mol. The van der Waals surface area contributed by atoms with Gasteiger partial charge >= 0.3 is 0 Å². The number of ether oxygens (including phenoxy) is 1. The number of morpholine rings is 1. The Labute approximate surface area is 216 Å². The fourth-order valence-electron chi connectivity index (χ4n) is 4.89. The Morgan fingerprint density at radius 2 is 1.86 bits per heavy atom. The minimum atomic E-state index is -0.116. The maximum atomic E-state index is 6.22. The molecule has 0 aliphatic carbocycles. The van der Waals surface area contributed by atoms with E-state index in [0.717, 1.165) is 85.3 Å². The van der Waals surface area contributed by atoms with E-state index in [2.05, 4.69) is 57.6 Å². The van der Waals surface area contributed by atoms with E-state index in [1.165, 1.54) is 16.0 Å². The lowest BCUT2D eigenvalue weighted by atomic mass is 10.00. The monoisotopic (exact) mass is 512 g/mol. The predicted octanol–water partition coefficient (Wildman–Crippen LogP) is 4.45. The molecule has 1 saturated heterocycles. The summed E-state index contributed by atoms with van der Waals surface area (Å²) < 4.78 is 7.70.